The summed E-state index contributed by atoms with van der Waals surface area (Å²) >= 11 is 7.80. The van der Waals surface area contributed by atoms with Gasteiger partial charge in [0.1, 0.15) is 29.9 Å². The number of carbonyl (C=O) groups is 5. The topological polar surface area (TPSA) is 247 Å². The van der Waals surface area contributed by atoms with E-state index in [-0.39, 0.29) is 50.5 Å². The maximum absolute atomic E-state index is 13.3. The molecule has 0 saturated heterocycles. The van der Waals surface area contributed by atoms with Gasteiger partial charge in [-0.2, -0.15) is 0 Å². The van der Waals surface area contributed by atoms with E-state index in [0.29, 0.717) is 138 Å². The Labute approximate surface area is 534 Å². The minimum atomic E-state index is -0.866. The Bertz CT molecular complexity index is 2420. The molecule has 0 unspecified atom stereocenters. The number of rotatable bonds is 46. The van der Waals surface area contributed by atoms with Crippen molar-refractivity contribution in [2.75, 3.05) is 132 Å². The highest BCUT2D eigenvalue weighted by atomic mass is 127. The van der Waals surface area contributed by atoms with Crippen molar-refractivity contribution in [1.29, 1.82) is 0 Å². The Kier molecular flexibility index (Phi) is 37.2. The quantitative estimate of drug-likeness (QED) is 0.0117. The van der Waals surface area contributed by atoms with Crippen LogP contribution in [0.4, 0.5) is 9.59 Å². The number of halogens is 1. The summed E-state index contributed by atoms with van der Waals surface area (Å²) in [5.41, 5.74) is 4.37. The molecule has 0 bridgehead atoms. The van der Waals surface area contributed by atoms with Crippen molar-refractivity contribution >= 4 is 69.8 Å². The number of hydrogen-bond donors (Lipinski definition) is 5. The molecular formula is C64H96IN5O16S. The number of hydrogen-bond acceptors (Lipinski definition) is 17. The predicted molar refractivity (Wildman–Crippen MR) is 344 cm³/mol. The Morgan fingerprint density at radius 3 is 1.46 bits per heavy atom. The van der Waals surface area contributed by atoms with Gasteiger partial charge in [-0.15, -0.1) is 0 Å². The van der Waals surface area contributed by atoms with Crippen LogP contribution in [0.25, 0.3) is 11.1 Å². The number of carbonyl (C=O) groups excluding carboxylic acids is 5. The molecular weight excluding hydrogens is 1250 g/mol. The summed E-state index contributed by atoms with van der Waals surface area (Å²) in [4.78, 5) is 65.1. The van der Waals surface area contributed by atoms with Crippen molar-refractivity contribution in [2.24, 2.45) is 0 Å². The van der Waals surface area contributed by atoms with Gasteiger partial charge in [0.25, 0.3) is 0 Å². The first-order chi connectivity index (χ1) is 41.9. The third-order valence-corrected chi connectivity index (χ3v) is 14.1. The molecule has 0 saturated carbocycles. The van der Waals surface area contributed by atoms with Gasteiger partial charge in [0.15, 0.2) is 0 Å². The molecule has 87 heavy (non-hydrogen) atoms. The zero-order valence-electron chi connectivity index (χ0n) is 52.0. The second kappa shape index (κ2) is 43.6. The lowest BCUT2D eigenvalue weighted by Crippen LogP contribution is -2.47. The van der Waals surface area contributed by atoms with Crippen LogP contribution in [0.5, 0.6) is 0 Å². The molecule has 0 radical (unpaired) electrons. The van der Waals surface area contributed by atoms with Gasteiger partial charge in [-0.3, -0.25) is 9.59 Å². The maximum atomic E-state index is 13.3. The van der Waals surface area contributed by atoms with Crippen LogP contribution in [0.3, 0.4) is 0 Å². The molecule has 0 spiro atoms. The van der Waals surface area contributed by atoms with E-state index >= 15 is 0 Å². The molecule has 0 fully saturated rings. The van der Waals surface area contributed by atoms with Crippen molar-refractivity contribution in [1.82, 2.24) is 26.6 Å². The molecule has 0 aliphatic heterocycles. The highest BCUT2D eigenvalue weighted by molar-refractivity contribution is 14.1. The molecule has 5 N–H and O–H groups in total. The minimum Gasteiger partial charge on any atom is -0.458 e. The van der Waals surface area contributed by atoms with E-state index in [9.17, 15) is 24.0 Å². The third-order valence-electron chi connectivity index (χ3n) is 13.0. The number of unbranched alkanes of at least 4 members (excludes halogenated alkanes) is 2. The second-order valence-electron chi connectivity index (χ2n) is 22.5. The first kappa shape index (κ1) is 74.4. The largest absolute Gasteiger partial charge is 0.458 e. The molecule has 0 heterocycles. The molecule has 486 valence electrons. The molecule has 3 aromatic rings. The van der Waals surface area contributed by atoms with Gasteiger partial charge in [0.2, 0.25) is 11.8 Å². The summed E-state index contributed by atoms with van der Waals surface area (Å²) in [5.74, 6) is -1.23. The van der Waals surface area contributed by atoms with E-state index in [0.717, 1.165) is 46.5 Å². The van der Waals surface area contributed by atoms with Crippen molar-refractivity contribution in [3.63, 3.8) is 0 Å². The summed E-state index contributed by atoms with van der Waals surface area (Å²) in [5, 5.41) is 14.5. The number of fused-ring (bicyclic) bond motifs is 3. The molecule has 3 aromatic carbocycles. The van der Waals surface area contributed by atoms with Gasteiger partial charge in [-0.25, -0.2) is 14.4 Å². The fraction of sp³-hybridized carbons (Fsp3) is 0.625. The Morgan fingerprint density at radius 2 is 0.954 bits per heavy atom. The number of aryl methyl sites for hydroxylation is 1. The first-order valence-corrected chi connectivity index (χ1v) is 31.9. The van der Waals surface area contributed by atoms with Crippen LogP contribution in [-0.2, 0) is 72.9 Å². The molecule has 1 aliphatic carbocycles. The molecule has 4 amide bonds. The Balaban J connectivity index is 0.920. The molecule has 0 aromatic heterocycles. The number of amides is 4. The average molecular weight is 1350 g/mol. The highest BCUT2D eigenvalue weighted by Gasteiger charge is 2.30. The third kappa shape index (κ3) is 34.5. The molecule has 4 rings (SSSR count). The smallest absolute Gasteiger partial charge is 0.407 e. The van der Waals surface area contributed by atoms with Crippen LogP contribution in [0.1, 0.15) is 116 Å². The zero-order valence-corrected chi connectivity index (χ0v) is 55.0. The molecule has 23 heteroatoms. The molecule has 21 nitrogen and oxygen atoms in total. The normalized spacial score (nSPS) is 12.8. The summed E-state index contributed by atoms with van der Waals surface area (Å²) in [6.45, 7) is 18.0. The standard InChI is InChI=1S/C64H96IN5O16S/c1-63(2,3)85-60(73)56(20-12-13-28-66-58(87)26-23-48-21-24-49(65)25-22-48)69-57(71)27-31-76-33-35-78-37-39-80-41-43-82-45-46-83-44-42-81-40-38-79-36-34-77-32-30-67-59(72)55(19-11-14-29-68-61(74)86-64(4,5)6)70-62(75)84-47-54-52-17-9-7-15-50(52)51-16-8-10-18-53(51)54/h7-10,15-18,21-22,24-25,54-56H,11-14,19-20,23,26-47H2,1-6H3,(H,66,87)(H,67,72)(H,68,74)(H,69,71)(H,70,75)/t55-,56-/m0/s1. The van der Waals surface area contributed by atoms with Crippen LogP contribution in [0.2, 0.25) is 0 Å². The van der Waals surface area contributed by atoms with Crippen LogP contribution in [0.15, 0.2) is 72.8 Å². The van der Waals surface area contributed by atoms with Crippen LogP contribution >= 0.6 is 34.8 Å². The first-order valence-electron chi connectivity index (χ1n) is 30.4. The number of esters is 1. The van der Waals surface area contributed by atoms with Gasteiger partial charge in [0.05, 0.1) is 111 Å². The minimum absolute atomic E-state index is 0.101. The number of ether oxygens (including phenoxy) is 11. The second-order valence-corrected chi connectivity index (χ2v) is 24.3. The lowest BCUT2D eigenvalue weighted by atomic mass is 9.98. The fourth-order valence-electron chi connectivity index (χ4n) is 8.79. The number of nitrogens with one attached hydrogen (secondary N) is 5. The van der Waals surface area contributed by atoms with Crippen molar-refractivity contribution in [3.8, 4) is 11.1 Å². The highest BCUT2D eigenvalue weighted by Crippen LogP contribution is 2.44. The Hall–Kier alpha value is -5.09. The summed E-state index contributed by atoms with van der Waals surface area (Å²) in [6, 6.07) is 23.0. The van der Waals surface area contributed by atoms with Crippen LogP contribution in [0, 0.1) is 3.57 Å². The maximum Gasteiger partial charge on any atom is 0.407 e. The van der Waals surface area contributed by atoms with E-state index in [2.05, 4.69) is 85.6 Å². The van der Waals surface area contributed by atoms with Crippen molar-refractivity contribution in [2.45, 2.75) is 129 Å². The zero-order chi connectivity index (χ0) is 63.0. The van der Waals surface area contributed by atoms with Gasteiger partial charge >= 0.3 is 18.2 Å². The van der Waals surface area contributed by atoms with E-state index in [4.69, 9.17) is 64.3 Å². The average Bonchev–Trinajstić information content (AvgIpc) is 1.65. The lowest BCUT2D eigenvalue weighted by Gasteiger charge is -2.24. The number of thiocarbonyl (C=S) groups is 1. The number of benzene rings is 3. The van der Waals surface area contributed by atoms with Crippen molar-refractivity contribution < 1.29 is 76.1 Å². The van der Waals surface area contributed by atoms with Crippen LogP contribution < -0.4 is 26.6 Å². The van der Waals surface area contributed by atoms with E-state index in [1.807, 2.05) is 36.4 Å². The van der Waals surface area contributed by atoms with Gasteiger partial charge in [-0.1, -0.05) is 72.9 Å². The van der Waals surface area contributed by atoms with Crippen LogP contribution in [-0.4, -0.2) is 190 Å². The number of alkyl carbamates (subject to hydrolysis) is 2. The lowest BCUT2D eigenvalue weighted by molar-refractivity contribution is -0.159. The summed E-state index contributed by atoms with van der Waals surface area (Å²) < 4.78 is 62.5. The van der Waals surface area contributed by atoms with Gasteiger partial charge in [0, 0.05) is 42.0 Å². The summed E-state index contributed by atoms with van der Waals surface area (Å²) in [7, 11) is 0. The van der Waals surface area contributed by atoms with Crippen molar-refractivity contribution in [3.05, 3.63) is 93.1 Å². The monoisotopic (exact) mass is 1350 g/mol. The van der Waals surface area contributed by atoms with Gasteiger partial charge in [-0.05, 0) is 149 Å². The predicted octanol–water partition coefficient (Wildman–Crippen LogP) is 8.38. The van der Waals surface area contributed by atoms with E-state index in [1.165, 1.54) is 9.13 Å². The molecule has 2 atom stereocenters. The molecule has 1 aliphatic rings. The fourth-order valence-corrected chi connectivity index (χ4v) is 9.36. The van der Waals surface area contributed by atoms with E-state index in [1.54, 1.807) is 41.5 Å². The summed E-state index contributed by atoms with van der Waals surface area (Å²) in [6.07, 6.45) is 3.92. The Morgan fingerprint density at radius 1 is 0.494 bits per heavy atom. The SMILES string of the molecule is CC(C)(C)OC(=O)NCCCC[C@H](NC(=O)OCC1c2ccccc2-c2ccccc21)C(=O)NCCOCCOCCOCCOCCOCCOCCOCCOCCC(=O)N[C@@H](CCCCNC(=S)CCc1ccc(I)cc1)C(=O)OC(C)(C)C. The van der Waals surface area contributed by atoms with Gasteiger partial charge < -0.3 is 78.7 Å². The van der Waals surface area contributed by atoms with E-state index < -0.39 is 41.4 Å².